The second kappa shape index (κ2) is 10.1. The van der Waals surface area contributed by atoms with Crippen molar-refractivity contribution in [1.82, 2.24) is 4.90 Å². The molecule has 3 aromatic rings. The molecule has 0 amide bonds. The summed E-state index contributed by atoms with van der Waals surface area (Å²) in [6.07, 6.45) is 2.21. The summed E-state index contributed by atoms with van der Waals surface area (Å²) >= 11 is 0. The van der Waals surface area contributed by atoms with Crippen molar-refractivity contribution in [2.45, 2.75) is 61.4 Å². The van der Waals surface area contributed by atoms with E-state index in [4.69, 9.17) is 4.74 Å². The zero-order valence-corrected chi connectivity index (χ0v) is 22.6. The van der Waals surface area contributed by atoms with Crippen LogP contribution in [-0.4, -0.2) is 55.6 Å². The fourth-order valence-corrected chi connectivity index (χ4v) is 7.65. The highest BCUT2D eigenvalue weighted by atomic mass is 32.2. The monoisotopic (exact) mass is 520 g/mol. The van der Waals surface area contributed by atoms with Crippen molar-refractivity contribution in [3.05, 3.63) is 89.0 Å². The number of ether oxygens (including phenoxy) is 1. The zero-order chi connectivity index (χ0) is 26.2. The zero-order valence-electron chi connectivity index (χ0n) is 21.8. The molecular weight excluding hydrogens is 484 g/mol. The highest BCUT2D eigenvalue weighted by Gasteiger charge is 2.45. The van der Waals surface area contributed by atoms with Crippen molar-refractivity contribution in [2.24, 2.45) is 0 Å². The van der Waals surface area contributed by atoms with Crippen LogP contribution in [0.4, 0.5) is 5.69 Å². The summed E-state index contributed by atoms with van der Waals surface area (Å²) in [5.41, 5.74) is 4.48. The molecule has 2 aliphatic heterocycles. The van der Waals surface area contributed by atoms with Gasteiger partial charge in [-0.3, -0.25) is 4.90 Å². The Bertz CT molecular complexity index is 1350. The molecule has 3 aromatic carbocycles. The molecule has 1 fully saturated rings. The van der Waals surface area contributed by atoms with E-state index in [1.54, 1.807) is 19.2 Å². The molecule has 2 heterocycles. The van der Waals surface area contributed by atoms with Gasteiger partial charge in [0.15, 0.2) is 9.84 Å². The molecule has 0 radical (unpaired) electrons. The van der Waals surface area contributed by atoms with E-state index >= 15 is 0 Å². The molecule has 37 heavy (non-hydrogen) atoms. The van der Waals surface area contributed by atoms with Crippen LogP contribution in [0.1, 0.15) is 35.1 Å². The first-order valence-corrected chi connectivity index (χ1v) is 14.5. The quantitative estimate of drug-likeness (QED) is 0.477. The average molecular weight is 521 g/mol. The summed E-state index contributed by atoms with van der Waals surface area (Å²) in [4.78, 5) is 2.39. The summed E-state index contributed by atoms with van der Waals surface area (Å²) < 4.78 is 33.6. The number of aliphatic hydroxyl groups is 1. The van der Waals surface area contributed by atoms with Gasteiger partial charge in [-0.05, 0) is 74.6 Å². The summed E-state index contributed by atoms with van der Waals surface area (Å²) in [5, 5.41) is 14.1. The number of nitrogens with one attached hydrogen (secondary N) is 1. The topological polar surface area (TPSA) is 78.9 Å². The maximum atomic E-state index is 14.1. The number of aryl methyl sites for hydroxylation is 2. The average Bonchev–Trinajstić information content (AvgIpc) is 3.29. The first-order chi connectivity index (χ1) is 17.7. The minimum absolute atomic E-state index is 0.309. The second-order valence-electron chi connectivity index (χ2n) is 10.6. The molecule has 0 aliphatic carbocycles. The van der Waals surface area contributed by atoms with Gasteiger partial charge in [-0.1, -0.05) is 47.5 Å². The van der Waals surface area contributed by atoms with E-state index in [9.17, 15) is 13.5 Å². The number of benzene rings is 3. The first kappa shape index (κ1) is 25.8. The molecule has 2 N–H and O–H groups in total. The number of rotatable bonds is 7. The lowest BCUT2D eigenvalue weighted by Gasteiger charge is -2.43. The van der Waals surface area contributed by atoms with E-state index in [-0.39, 0.29) is 6.04 Å². The summed E-state index contributed by atoms with van der Waals surface area (Å²) in [6, 6.07) is 20.9. The normalized spacial score (nSPS) is 20.2. The van der Waals surface area contributed by atoms with E-state index in [0.29, 0.717) is 43.7 Å². The SMILES string of the molecule is COc1ccc2c(c1)CC(C(N1CCC(O)(Cc3ccc(C)cc3)CC1)S(=O)(=O)c1ccc(C)cc1)N2. The molecule has 2 aliphatic rings. The third-order valence-corrected chi connectivity index (χ3v) is 10.0. The van der Waals surface area contributed by atoms with Gasteiger partial charge in [-0.25, -0.2) is 8.42 Å². The van der Waals surface area contributed by atoms with Crippen LogP contribution in [0.5, 0.6) is 5.75 Å². The number of hydrogen-bond acceptors (Lipinski definition) is 6. The lowest BCUT2D eigenvalue weighted by molar-refractivity contribution is -0.0248. The van der Waals surface area contributed by atoms with Crippen LogP contribution in [-0.2, 0) is 22.7 Å². The first-order valence-electron chi connectivity index (χ1n) is 12.9. The van der Waals surface area contributed by atoms with Crippen LogP contribution >= 0.6 is 0 Å². The van der Waals surface area contributed by atoms with E-state index in [1.165, 1.54) is 5.56 Å². The number of nitrogens with zero attached hydrogens (tertiary/aromatic N) is 1. The molecule has 5 rings (SSSR count). The van der Waals surface area contributed by atoms with Crippen LogP contribution in [0.2, 0.25) is 0 Å². The van der Waals surface area contributed by atoms with E-state index < -0.39 is 20.8 Å². The lowest BCUT2D eigenvalue weighted by atomic mass is 9.85. The summed E-state index contributed by atoms with van der Waals surface area (Å²) in [6.45, 7) is 5.03. The van der Waals surface area contributed by atoms with Gasteiger partial charge in [0, 0.05) is 25.2 Å². The van der Waals surface area contributed by atoms with Gasteiger partial charge in [0.1, 0.15) is 11.1 Å². The van der Waals surface area contributed by atoms with Crippen molar-refractivity contribution in [3.8, 4) is 5.75 Å². The van der Waals surface area contributed by atoms with Crippen molar-refractivity contribution in [1.29, 1.82) is 0 Å². The highest BCUT2D eigenvalue weighted by molar-refractivity contribution is 7.92. The van der Waals surface area contributed by atoms with Gasteiger partial charge in [0.25, 0.3) is 0 Å². The Morgan fingerprint density at radius 3 is 2.24 bits per heavy atom. The van der Waals surface area contributed by atoms with Crippen molar-refractivity contribution in [2.75, 3.05) is 25.5 Å². The Hall–Kier alpha value is -2.87. The van der Waals surface area contributed by atoms with Crippen LogP contribution < -0.4 is 10.1 Å². The highest BCUT2D eigenvalue weighted by Crippen LogP contribution is 2.37. The molecule has 0 spiro atoms. The molecule has 0 saturated carbocycles. The van der Waals surface area contributed by atoms with Gasteiger partial charge >= 0.3 is 0 Å². The molecule has 6 nitrogen and oxygen atoms in total. The number of fused-ring (bicyclic) bond motifs is 1. The molecule has 7 heteroatoms. The standard InChI is InChI=1S/C30H36N2O4S/c1-21-4-8-23(9-5-21)20-30(33)14-16-32(17-15-30)29(37(34,35)26-11-6-22(2)7-12-26)28-19-24-18-25(36-3)10-13-27(24)31-28/h4-13,18,28-29,31,33H,14-17,19-20H2,1-3H3. The predicted molar refractivity (Wildman–Crippen MR) is 147 cm³/mol. The third-order valence-electron chi connectivity index (χ3n) is 7.85. The minimum Gasteiger partial charge on any atom is -0.497 e. The van der Waals surface area contributed by atoms with Gasteiger partial charge in [-0.2, -0.15) is 0 Å². The Balaban J connectivity index is 1.40. The maximum absolute atomic E-state index is 14.1. The Kier molecular flexibility index (Phi) is 7.05. The van der Waals surface area contributed by atoms with Crippen LogP contribution in [0.3, 0.4) is 0 Å². The van der Waals surface area contributed by atoms with E-state index in [1.807, 2.05) is 37.3 Å². The molecule has 0 aromatic heterocycles. The van der Waals surface area contributed by atoms with Gasteiger partial charge < -0.3 is 15.2 Å². The fourth-order valence-electron chi connectivity index (χ4n) is 5.66. The number of piperidine rings is 1. The molecule has 0 bridgehead atoms. The smallest absolute Gasteiger partial charge is 0.196 e. The fraction of sp³-hybridized carbons (Fsp3) is 0.400. The number of hydrogen-bond donors (Lipinski definition) is 2. The molecule has 196 valence electrons. The summed E-state index contributed by atoms with van der Waals surface area (Å²) in [5.74, 6) is 0.762. The second-order valence-corrected chi connectivity index (χ2v) is 12.7. The maximum Gasteiger partial charge on any atom is 0.196 e. The molecule has 2 unspecified atom stereocenters. The van der Waals surface area contributed by atoms with Crippen LogP contribution in [0.15, 0.2) is 71.6 Å². The number of anilines is 1. The van der Waals surface area contributed by atoms with Gasteiger partial charge in [-0.15, -0.1) is 0 Å². The van der Waals surface area contributed by atoms with Crippen LogP contribution in [0, 0.1) is 13.8 Å². The molecular formula is C30H36N2O4S. The van der Waals surface area contributed by atoms with Crippen molar-refractivity contribution in [3.63, 3.8) is 0 Å². The largest absolute Gasteiger partial charge is 0.497 e. The number of sulfone groups is 1. The summed E-state index contributed by atoms with van der Waals surface area (Å²) in [7, 11) is -2.05. The van der Waals surface area contributed by atoms with Gasteiger partial charge in [0.05, 0.1) is 23.6 Å². The van der Waals surface area contributed by atoms with E-state index in [0.717, 1.165) is 28.1 Å². The predicted octanol–water partition coefficient (Wildman–Crippen LogP) is 4.52. The van der Waals surface area contributed by atoms with Crippen molar-refractivity contribution < 1.29 is 18.3 Å². The minimum atomic E-state index is -3.68. The van der Waals surface area contributed by atoms with Crippen molar-refractivity contribution >= 4 is 15.5 Å². The van der Waals surface area contributed by atoms with Gasteiger partial charge in [0.2, 0.25) is 0 Å². The Morgan fingerprint density at radius 1 is 1.00 bits per heavy atom. The molecule has 1 saturated heterocycles. The van der Waals surface area contributed by atoms with Crippen LogP contribution in [0.25, 0.3) is 0 Å². The third kappa shape index (κ3) is 5.40. The number of likely N-dealkylation sites (tertiary alicyclic amines) is 1. The lowest BCUT2D eigenvalue weighted by Crippen LogP contribution is -2.56. The Labute approximate surface area is 220 Å². The van der Waals surface area contributed by atoms with E-state index in [2.05, 4.69) is 41.4 Å². The number of methoxy groups -OCH3 is 1. The molecule has 2 atom stereocenters. The Morgan fingerprint density at radius 2 is 1.62 bits per heavy atom.